The second-order valence-electron chi connectivity index (χ2n) is 8.52. The Kier molecular flexibility index (Phi) is 10.0. The second kappa shape index (κ2) is 13.0. The van der Waals surface area contributed by atoms with Crippen LogP contribution in [0.1, 0.15) is 25.3 Å². The molecule has 8 nitrogen and oxygen atoms in total. The molecule has 1 fully saturated rings. The predicted molar refractivity (Wildman–Crippen MR) is 141 cm³/mol. The van der Waals surface area contributed by atoms with Crippen molar-refractivity contribution in [3.8, 4) is 5.75 Å². The number of halogens is 2. The fourth-order valence-corrected chi connectivity index (χ4v) is 4.43. The van der Waals surface area contributed by atoms with Crippen molar-refractivity contribution in [2.45, 2.75) is 32.5 Å². The maximum atomic E-state index is 12.9. The molecule has 190 valence electrons. The summed E-state index contributed by atoms with van der Waals surface area (Å²) in [5.41, 5.74) is 0.949. The van der Waals surface area contributed by atoms with Crippen molar-refractivity contribution in [2.24, 2.45) is 0 Å². The zero-order chi connectivity index (χ0) is 23.9. The first kappa shape index (κ1) is 27.1. The molecule has 0 aliphatic carbocycles. The fourth-order valence-electron chi connectivity index (χ4n) is 4.24. The van der Waals surface area contributed by atoms with Crippen molar-refractivity contribution in [3.05, 3.63) is 75.9 Å². The molecule has 1 aliphatic rings. The van der Waals surface area contributed by atoms with E-state index in [-0.39, 0.29) is 18.1 Å². The van der Waals surface area contributed by atoms with E-state index in [1.807, 2.05) is 48.5 Å². The van der Waals surface area contributed by atoms with Crippen LogP contribution in [0.15, 0.2) is 59.4 Å². The number of ether oxygens (including phenoxy) is 1. The first-order chi connectivity index (χ1) is 16.5. The second-order valence-corrected chi connectivity index (χ2v) is 8.95. The maximum absolute atomic E-state index is 12.9. The SMILES string of the molecule is C[C@@H](O)c1nn(CCCN2CCN(c3cccc(Cl)c3)CC2)c(=O)n1CCOc1ccccc1.Cl. The Hall–Kier alpha value is -2.52. The predicted octanol–water partition coefficient (Wildman–Crippen LogP) is 3.46. The first-order valence-corrected chi connectivity index (χ1v) is 12.2. The van der Waals surface area contributed by atoms with Gasteiger partial charge in [-0.3, -0.25) is 9.47 Å². The molecule has 1 saturated heterocycles. The van der Waals surface area contributed by atoms with Gasteiger partial charge in [0.1, 0.15) is 18.5 Å². The minimum absolute atomic E-state index is 0. The average Bonchev–Trinajstić information content (AvgIpc) is 3.16. The highest BCUT2D eigenvalue weighted by molar-refractivity contribution is 6.30. The third-order valence-electron chi connectivity index (χ3n) is 6.04. The molecule has 0 amide bonds. The van der Waals surface area contributed by atoms with Gasteiger partial charge >= 0.3 is 5.69 Å². The van der Waals surface area contributed by atoms with E-state index >= 15 is 0 Å². The summed E-state index contributed by atoms with van der Waals surface area (Å²) >= 11 is 6.13. The highest BCUT2D eigenvalue weighted by atomic mass is 35.5. The summed E-state index contributed by atoms with van der Waals surface area (Å²) in [5.74, 6) is 1.12. The van der Waals surface area contributed by atoms with Crippen molar-refractivity contribution in [2.75, 3.05) is 44.2 Å². The molecule has 0 spiro atoms. The van der Waals surface area contributed by atoms with Gasteiger partial charge in [-0.05, 0) is 43.7 Å². The number of aryl methyl sites for hydroxylation is 1. The highest BCUT2D eigenvalue weighted by Gasteiger charge is 2.19. The summed E-state index contributed by atoms with van der Waals surface area (Å²) in [6.45, 7) is 7.51. The molecule has 2 aromatic carbocycles. The molecule has 1 atom stereocenters. The Bertz CT molecular complexity index is 1110. The molecule has 0 radical (unpaired) electrons. The number of benzene rings is 2. The lowest BCUT2D eigenvalue weighted by molar-refractivity contribution is 0.179. The smallest absolute Gasteiger partial charge is 0.346 e. The van der Waals surface area contributed by atoms with Gasteiger partial charge in [-0.2, -0.15) is 5.10 Å². The van der Waals surface area contributed by atoms with Crippen LogP contribution >= 0.6 is 24.0 Å². The number of aliphatic hydroxyl groups is 1. The van der Waals surface area contributed by atoms with Crippen LogP contribution in [0.25, 0.3) is 0 Å². The Morgan fingerprint density at radius 2 is 1.77 bits per heavy atom. The van der Waals surface area contributed by atoms with Crippen molar-refractivity contribution < 1.29 is 9.84 Å². The molecule has 1 aromatic heterocycles. The minimum Gasteiger partial charge on any atom is -0.492 e. The van der Waals surface area contributed by atoms with E-state index < -0.39 is 6.10 Å². The van der Waals surface area contributed by atoms with Crippen LogP contribution in [-0.4, -0.2) is 63.7 Å². The van der Waals surface area contributed by atoms with Gasteiger partial charge in [0.2, 0.25) is 0 Å². The van der Waals surface area contributed by atoms with E-state index in [0.29, 0.717) is 25.5 Å². The van der Waals surface area contributed by atoms with Gasteiger partial charge in [0.15, 0.2) is 5.82 Å². The summed E-state index contributed by atoms with van der Waals surface area (Å²) < 4.78 is 8.70. The first-order valence-electron chi connectivity index (χ1n) is 11.8. The van der Waals surface area contributed by atoms with Crippen molar-refractivity contribution in [1.29, 1.82) is 0 Å². The van der Waals surface area contributed by atoms with Crippen molar-refractivity contribution in [1.82, 2.24) is 19.2 Å². The van der Waals surface area contributed by atoms with Crippen LogP contribution in [0.2, 0.25) is 5.02 Å². The lowest BCUT2D eigenvalue weighted by atomic mass is 10.2. The molecular weight excluding hydrogens is 489 g/mol. The summed E-state index contributed by atoms with van der Waals surface area (Å²) in [6.07, 6.45) is -0.0151. The summed E-state index contributed by atoms with van der Waals surface area (Å²) in [4.78, 5) is 17.7. The number of hydrogen-bond acceptors (Lipinski definition) is 6. The van der Waals surface area contributed by atoms with Gasteiger partial charge in [-0.25, -0.2) is 9.48 Å². The number of para-hydroxylation sites is 1. The molecule has 10 heteroatoms. The summed E-state index contributed by atoms with van der Waals surface area (Å²) in [6, 6.07) is 17.4. The van der Waals surface area contributed by atoms with E-state index in [1.54, 1.807) is 6.92 Å². The van der Waals surface area contributed by atoms with Crippen molar-refractivity contribution in [3.63, 3.8) is 0 Å². The zero-order valence-electron chi connectivity index (χ0n) is 19.9. The van der Waals surface area contributed by atoms with E-state index in [2.05, 4.69) is 21.0 Å². The fraction of sp³-hybridized carbons (Fsp3) is 0.440. The molecule has 35 heavy (non-hydrogen) atoms. The number of aliphatic hydroxyl groups excluding tert-OH is 1. The standard InChI is InChI=1S/C25H32ClN5O3.ClH/c1-20(32)24-27-31(25(33)30(24)17-18-34-23-9-3-2-4-10-23)12-6-11-28-13-15-29(16-14-28)22-8-5-7-21(26)19-22;/h2-5,7-10,19-20,32H,6,11-18H2,1H3;1H/t20-;/m1./s1. The van der Waals surface area contributed by atoms with E-state index in [4.69, 9.17) is 16.3 Å². The molecule has 0 bridgehead atoms. The third kappa shape index (κ3) is 7.24. The van der Waals surface area contributed by atoms with Crippen LogP contribution in [-0.2, 0) is 13.1 Å². The number of aromatic nitrogens is 3. The van der Waals surface area contributed by atoms with Gasteiger partial charge in [0, 0.05) is 50.0 Å². The van der Waals surface area contributed by atoms with Gasteiger partial charge in [-0.1, -0.05) is 35.9 Å². The molecule has 1 N–H and O–H groups in total. The largest absolute Gasteiger partial charge is 0.492 e. The van der Waals surface area contributed by atoms with Crippen LogP contribution in [0.5, 0.6) is 5.75 Å². The number of piperazine rings is 1. The summed E-state index contributed by atoms with van der Waals surface area (Å²) in [5, 5.41) is 15.3. The number of rotatable bonds is 10. The molecule has 2 heterocycles. The van der Waals surface area contributed by atoms with E-state index in [0.717, 1.165) is 55.6 Å². The lowest BCUT2D eigenvalue weighted by Gasteiger charge is -2.36. The van der Waals surface area contributed by atoms with Gasteiger partial charge < -0.3 is 14.7 Å². The molecule has 1 aliphatic heterocycles. The third-order valence-corrected chi connectivity index (χ3v) is 6.28. The van der Waals surface area contributed by atoms with Crippen LogP contribution in [0.3, 0.4) is 0 Å². The van der Waals surface area contributed by atoms with Crippen LogP contribution < -0.4 is 15.3 Å². The van der Waals surface area contributed by atoms with E-state index in [1.165, 1.54) is 9.25 Å². The van der Waals surface area contributed by atoms with Gasteiger partial charge in [0.05, 0.1) is 6.54 Å². The monoisotopic (exact) mass is 521 g/mol. The Morgan fingerprint density at radius 1 is 1.03 bits per heavy atom. The Balaban J connectivity index is 0.00000342. The van der Waals surface area contributed by atoms with Crippen molar-refractivity contribution >= 4 is 29.7 Å². The number of anilines is 1. The molecule has 4 rings (SSSR count). The normalized spacial score (nSPS) is 15.0. The molecule has 3 aromatic rings. The van der Waals surface area contributed by atoms with Crippen LogP contribution in [0.4, 0.5) is 5.69 Å². The Morgan fingerprint density at radius 3 is 2.46 bits per heavy atom. The molecular formula is C25H33Cl2N5O3. The van der Waals surface area contributed by atoms with Gasteiger partial charge in [-0.15, -0.1) is 12.4 Å². The van der Waals surface area contributed by atoms with E-state index in [9.17, 15) is 9.90 Å². The number of hydrogen-bond donors (Lipinski definition) is 1. The van der Waals surface area contributed by atoms with Crippen LogP contribution in [0, 0.1) is 0 Å². The zero-order valence-corrected chi connectivity index (χ0v) is 21.5. The lowest BCUT2D eigenvalue weighted by Crippen LogP contribution is -2.46. The topological polar surface area (TPSA) is 75.8 Å². The minimum atomic E-state index is -0.828. The number of nitrogens with zero attached hydrogens (tertiary/aromatic N) is 5. The Labute approximate surface area is 217 Å². The highest BCUT2D eigenvalue weighted by Crippen LogP contribution is 2.20. The maximum Gasteiger partial charge on any atom is 0.346 e. The summed E-state index contributed by atoms with van der Waals surface area (Å²) in [7, 11) is 0. The molecule has 0 unspecified atom stereocenters. The molecule has 0 saturated carbocycles. The van der Waals surface area contributed by atoms with Gasteiger partial charge in [0.25, 0.3) is 0 Å². The quantitative estimate of drug-likeness (QED) is 0.440. The average molecular weight is 522 g/mol.